The monoisotopic (exact) mass is 459 g/mol. The van der Waals surface area contributed by atoms with Crippen LogP contribution in [-0.4, -0.2) is 28.3 Å². The van der Waals surface area contributed by atoms with Crippen LogP contribution in [-0.2, 0) is 22.9 Å². The van der Waals surface area contributed by atoms with Crippen molar-refractivity contribution in [2.24, 2.45) is 10.7 Å². The minimum atomic E-state index is -4.61. The molecule has 2 aromatic rings. The van der Waals surface area contributed by atoms with Crippen LogP contribution in [0.1, 0.15) is 48.0 Å². The van der Waals surface area contributed by atoms with Gasteiger partial charge >= 0.3 is 12.1 Å². The van der Waals surface area contributed by atoms with Gasteiger partial charge < -0.3 is 10.5 Å². The number of rotatable bonds is 4. The second-order valence-corrected chi connectivity index (χ2v) is 8.05. The lowest BCUT2D eigenvalue weighted by atomic mass is 9.76. The highest BCUT2D eigenvalue weighted by Gasteiger charge is 2.66. The van der Waals surface area contributed by atoms with E-state index >= 15 is 8.78 Å². The fraction of sp³-hybridized carbons (Fsp3) is 0.381. The van der Waals surface area contributed by atoms with E-state index in [4.69, 9.17) is 10.5 Å². The number of Topliss-reactive ketones (excluding diaryl/α,β-unsaturated/α-hetero) is 1. The zero-order valence-electron chi connectivity index (χ0n) is 17.2. The lowest BCUT2D eigenvalue weighted by Gasteiger charge is -2.46. The Morgan fingerprint density at radius 3 is 2.34 bits per heavy atom. The predicted octanol–water partition coefficient (Wildman–Crippen LogP) is 4.64. The number of nitrogens with two attached hydrogens (primary N) is 1. The second-order valence-electron chi connectivity index (χ2n) is 8.05. The smallest absolute Gasteiger partial charge is 0.417 e. The fourth-order valence-corrected chi connectivity index (χ4v) is 3.51. The third-order valence-electron chi connectivity index (χ3n) is 5.36. The van der Waals surface area contributed by atoms with Gasteiger partial charge in [-0.1, -0.05) is 6.07 Å². The molecule has 172 valence electrons. The lowest BCUT2D eigenvalue weighted by molar-refractivity contribution is -0.207. The Bertz CT molecular complexity index is 1080. The maximum atomic E-state index is 15.2. The topological polar surface area (TPSA) is 77.6 Å². The number of ketones is 1. The van der Waals surface area contributed by atoms with E-state index in [0.29, 0.717) is 12.3 Å². The molecule has 1 aliphatic heterocycles. The molecular formula is C21H19F6N3O2. The van der Waals surface area contributed by atoms with Gasteiger partial charge in [-0.05, 0) is 50.6 Å². The van der Waals surface area contributed by atoms with E-state index in [9.17, 15) is 22.4 Å². The van der Waals surface area contributed by atoms with Crippen LogP contribution in [0.15, 0.2) is 41.5 Å². The molecule has 1 aromatic heterocycles. The first-order valence-electron chi connectivity index (χ1n) is 9.36. The Hall–Kier alpha value is -3.11. The maximum absolute atomic E-state index is 15.2. The van der Waals surface area contributed by atoms with Gasteiger partial charge in [0.05, 0.1) is 5.56 Å². The summed E-state index contributed by atoms with van der Waals surface area (Å²) < 4.78 is 88.0. The Morgan fingerprint density at radius 1 is 1.12 bits per heavy atom. The maximum Gasteiger partial charge on any atom is 0.417 e. The van der Waals surface area contributed by atoms with Gasteiger partial charge in [-0.2, -0.15) is 22.0 Å². The summed E-state index contributed by atoms with van der Waals surface area (Å²) in [5.74, 6) is -5.37. The molecule has 1 aromatic carbocycles. The number of pyridine rings is 1. The number of halogens is 6. The number of hydrogen-bond donors (Lipinski definition) is 1. The quantitative estimate of drug-likeness (QED) is 0.534. The van der Waals surface area contributed by atoms with Gasteiger partial charge in [0.25, 0.3) is 6.02 Å². The molecule has 0 spiro atoms. The van der Waals surface area contributed by atoms with Crippen molar-refractivity contribution in [1.29, 1.82) is 0 Å². The number of ether oxygens (including phenoxy) is 1. The van der Waals surface area contributed by atoms with Crippen LogP contribution >= 0.6 is 0 Å². The molecule has 0 saturated carbocycles. The third kappa shape index (κ3) is 3.91. The van der Waals surface area contributed by atoms with E-state index in [1.54, 1.807) is 0 Å². The highest BCUT2D eigenvalue weighted by molar-refractivity contribution is 5.95. The number of amidine groups is 1. The highest BCUT2D eigenvalue weighted by atomic mass is 19.4. The van der Waals surface area contributed by atoms with Crippen molar-refractivity contribution in [3.05, 3.63) is 64.7 Å². The van der Waals surface area contributed by atoms with E-state index in [1.165, 1.54) is 6.07 Å². The van der Waals surface area contributed by atoms with Crippen molar-refractivity contribution in [3.8, 4) is 0 Å². The van der Waals surface area contributed by atoms with E-state index in [0.717, 1.165) is 39.0 Å². The molecular weight excluding hydrogens is 440 g/mol. The summed E-state index contributed by atoms with van der Waals surface area (Å²) in [6.07, 6.45) is -4.50. The molecule has 0 radical (unpaired) electrons. The summed E-state index contributed by atoms with van der Waals surface area (Å²) in [6.45, 7) is 3.19. The normalized spacial score (nSPS) is 22.1. The molecule has 11 heteroatoms. The molecule has 1 atom stereocenters. The van der Waals surface area contributed by atoms with E-state index < -0.39 is 58.4 Å². The molecule has 3 rings (SSSR count). The summed E-state index contributed by atoms with van der Waals surface area (Å²) >= 11 is 0. The van der Waals surface area contributed by atoms with Gasteiger partial charge in [0.2, 0.25) is 0 Å². The molecule has 0 bridgehead atoms. The SMILES string of the molecule is CC1(C)OC(N)=N[C@](C)(c2cc(CC(=O)c3ccc(C(F)(F)F)cn3)ccc2F)C1(F)F. The van der Waals surface area contributed by atoms with Crippen LogP contribution in [0.2, 0.25) is 0 Å². The first-order valence-corrected chi connectivity index (χ1v) is 9.36. The number of aromatic nitrogens is 1. The minimum absolute atomic E-state index is 0.142. The molecule has 0 fully saturated rings. The van der Waals surface area contributed by atoms with Crippen LogP contribution < -0.4 is 5.73 Å². The van der Waals surface area contributed by atoms with Crippen LogP contribution in [0, 0.1) is 5.82 Å². The number of carbonyl (C=O) groups excluding carboxylic acids is 1. The molecule has 0 aliphatic carbocycles. The zero-order valence-corrected chi connectivity index (χ0v) is 17.2. The molecule has 0 amide bonds. The van der Waals surface area contributed by atoms with Crippen molar-refractivity contribution in [1.82, 2.24) is 4.98 Å². The second kappa shape index (κ2) is 7.49. The number of nitrogens with zero attached hydrogens (tertiary/aromatic N) is 2. The summed E-state index contributed by atoms with van der Waals surface area (Å²) in [7, 11) is 0. The predicted molar refractivity (Wildman–Crippen MR) is 103 cm³/mol. The van der Waals surface area contributed by atoms with E-state index in [1.807, 2.05) is 0 Å². The van der Waals surface area contributed by atoms with Crippen LogP contribution in [0.4, 0.5) is 26.3 Å². The Labute approximate surface area is 179 Å². The zero-order chi connectivity index (χ0) is 24.1. The average Bonchev–Trinajstić information content (AvgIpc) is 2.67. The molecule has 0 saturated heterocycles. The molecule has 1 aliphatic rings. The van der Waals surface area contributed by atoms with Gasteiger partial charge in [-0.3, -0.25) is 9.78 Å². The summed E-state index contributed by atoms with van der Waals surface area (Å²) in [4.78, 5) is 19.7. The summed E-state index contributed by atoms with van der Waals surface area (Å²) in [5.41, 5.74) is -0.618. The molecule has 2 N–H and O–H groups in total. The largest absolute Gasteiger partial charge is 0.453 e. The van der Waals surface area contributed by atoms with E-state index in [2.05, 4.69) is 9.98 Å². The third-order valence-corrected chi connectivity index (χ3v) is 5.36. The van der Waals surface area contributed by atoms with Crippen molar-refractivity contribution in [2.75, 3.05) is 0 Å². The number of carbonyl (C=O) groups is 1. The molecule has 2 heterocycles. The Kier molecular flexibility index (Phi) is 5.51. The van der Waals surface area contributed by atoms with Crippen molar-refractivity contribution in [3.63, 3.8) is 0 Å². The molecule has 5 nitrogen and oxygen atoms in total. The lowest BCUT2D eigenvalue weighted by Crippen LogP contribution is -2.62. The summed E-state index contributed by atoms with van der Waals surface area (Å²) in [6, 6.07) is 4.26. The highest BCUT2D eigenvalue weighted by Crippen LogP contribution is 2.51. The van der Waals surface area contributed by atoms with Crippen molar-refractivity contribution in [2.45, 2.75) is 50.4 Å². The average molecular weight is 459 g/mol. The Morgan fingerprint density at radius 2 is 1.78 bits per heavy atom. The van der Waals surface area contributed by atoms with Gasteiger partial charge in [0.15, 0.2) is 16.9 Å². The van der Waals surface area contributed by atoms with Gasteiger partial charge in [0.1, 0.15) is 11.5 Å². The number of aliphatic imine (C=N–C) groups is 1. The number of alkyl halides is 5. The minimum Gasteiger partial charge on any atom is -0.453 e. The standard InChI is InChI=1S/C21H19F6N3O2/c1-18(2)21(26,27)19(3,30-17(28)32-18)13-8-11(4-6-14(13)22)9-16(31)15-7-5-12(10-29-15)20(23,24)25/h4-8,10H,9H2,1-3H3,(H2,28,30)/t19-/m1/s1. The van der Waals surface area contributed by atoms with Crippen molar-refractivity contribution < 1.29 is 35.9 Å². The van der Waals surface area contributed by atoms with E-state index in [-0.39, 0.29) is 11.3 Å². The fourth-order valence-electron chi connectivity index (χ4n) is 3.51. The van der Waals surface area contributed by atoms with Crippen molar-refractivity contribution >= 4 is 11.8 Å². The Balaban J connectivity index is 1.96. The summed E-state index contributed by atoms with van der Waals surface area (Å²) in [5, 5.41) is 0. The number of benzene rings is 1. The van der Waals surface area contributed by atoms with Gasteiger partial charge in [-0.15, -0.1) is 0 Å². The molecule has 32 heavy (non-hydrogen) atoms. The first kappa shape index (κ1) is 23.6. The molecule has 0 unspecified atom stereocenters. The van der Waals surface area contributed by atoms with Crippen LogP contribution in [0.5, 0.6) is 0 Å². The van der Waals surface area contributed by atoms with Crippen LogP contribution in [0.3, 0.4) is 0 Å². The van der Waals surface area contributed by atoms with Gasteiger partial charge in [0, 0.05) is 18.2 Å². The first-order chi connectivity index (χ1) is 14.6. The van der Waals surface area contributed by atoms with Crippen LogP contribution in [0.25, 0.3) is 0 Å². The van der Waals surface area contributed by atoms with Gasteiger partial charge in [-0.25, -0.2) is 9.38 Å². The number of hydrogen-bond acceptors (Lipinski definition) is 5.